The predicted octanol–water partition coefficient (Wildman–Crippen LogP) is 4.19. The third kappa shape index (κ3) is 3.88. The number of nitrogens with zero attached hydrogens (tertiary/aromatic N) is 2. The first-order chi connectivity index (χ1) is 10.3. The molecule has 0 aromatic carbocycles. The van der Waals surface area contributed by atoms with Gasteiger partial charge in [0.1, 0.15) is 16.3 Å². The van der Waals surface area contributed by atoms with Gasteiger partial charge in [-0.25, -0.2) is 4.98 Å². The van der Waals surface area contributed by atoms with Gasteiger partial charge in [-0.05, 0) is 25.0 Å². The van der Waals surface area contributed by atoms with Crippen molar-refractivity contribution >= 4 is 18.0 Å². The van der Waals surface area contributed by atoms with E-state index in [1.165, 1.54) is 32.1 Å². The third-order valence-corrected chi connectivity index (χ3v) is 4.15. The maximum atomic E-state index is 5.30. The molecule has 21 heavy (non-hydrogen) atoms. The number of rotatable bonds is 4. The minimum atomic E-state index is 0.525. The summed E-state index contributed by atoms with van der Waals surface area (Å²) < 4.78 is 0.651. The Kier molecular flexibility index (Phi) is 4.60. The van der Waals surface area contributed by atoms with E-state index in [9.17, 15) is 0 Å². The molecule has 1 aliphatic rings. The molecule has 110 valence electrons. The summed E-state index contributed by atoms with van der Waals surface area (Å²) in [6, 6.07) is 7.80. The minimum absolute atomic E-state index is 0.525. The lowest BCUT2D eigenvalue weighted by atomic mass is 9.89. The van der Waals surface area contributed by atoms with Crippen LogP contribution in [0.15, 0.2) is 30.5 Å². The molecule has 1 aliphatic carbocycles. The zero-order valence-electron chi connectivity index (χ0n) is 12.0. The lowest BCUT2D eigenvalue weighted by Crippen LogP contribution is -2.11. The molecule has 0 atom stereocenters. The molecule has 3 rings (SSSR count). The van der Waals surface area contributed by atoms with Crippen molar-refractivity contribution in [3.63, 3.8) is 0 Å². The molecule has 0 unspecified atom stereocenters. The van der Waals surface area contributed by atoms with Crippen LogP contribution in [0.25, 0.3) is 0 Å². The van der Waals surface area contributed by atoms with Crippen LogP contribution in [0.3, 0.4) is 0 Å². The number of hydrogen-bond acceptors (Lipinski definition) is 4. The van der Waals surface area contributed by atoms with Gasteiger partial charge in [-0.15, -0.1) is 0 Å². The largest absolute Gasteiger partial charge is 0.366 e. The van der Waals surface area contributed by atoms with Gasteiger partial charge in [-0.3, -0.25) is 4.98 Å². The van der Waals surface area contributed by atoms with Crippen molar-refractivity contribution < 1.29 is 0 Å². The number of H-pyrrole nitrogens is 1. The molecule has 0 radical (unpaired) electrons. The summed E-state index contributed by atoms with van der Waals surface area (Å²) in [5.41, 5.74) is 1.01. The highest BCUT2D eigenvalue weighted by Crippen LogP contribution is 2.30. The van der Waals surface area contributed by atoms with Crippen LogP contribution in [0.4, 0.5) is 5.82 Å². The summed E-state index contributed by atoms with van der Waals surface area (Å²) in [5.74, 6) is 2.49. The number of anilines is 1. The van der Waals surface area contributed by atoms with Crippen LogP contribution in [0.1, 0.15) is 49.5 Å². The maximum absolute atomic E-state index is 5.30. The molecule has 2 heterocycles. The molecule has 2 aromatic heterocycles. The van der Waals surface area contributed by atoms with Gasteiger partial charge < -0.3 is 10.3 Å². The van der Waals surface area contributed by atoms with E-state index < -0.39 is 0 Å². The lowest BCUT2D eigenvalue weighted by Gasteiger charge is -2.21. The van der Waals surface area contributed by atoms with Crippen molar-refractivity contribution in [2.75, 3.05) is 5.32 Å². The maximum Gasteiger partial charge on any atom is 0.131 e. The first-order valence-electron chi connectivity index (χ1n) is 7.56. The van der Waals surface area contributed by atoms with Gasteiger partial charge in [0.25, 0.3) is 0 Å². The highest BCUT2D eigenvalue weighted by molar-refractivity contribution is 7.71. The second kappa shape index (κ2) is 6.80. The zero-order valence-corrected chi connectivity index (χ0v) is 12.8. The van der Waals surface area contributed by atoms with Gasteiger partial charge in [0.15, 0.2) is 0 Å². The van der Waals surface area contributed by atoms with Gasteiger partial charge in [0.05, 0.1) is 12.2 Å². The Morgan fingerprint density at radius 2 is 2.10 bits per heavy atom. The molecule has 1 fully saturated rings. The van der Waals surface area contributed by atoms with Crippen molar-refractivity contribution in [2.24, 2.45) is 0 Å². The number of hydrogen-bond donors (Lipinski definition) is 2. The normalized spacial score (nSPS) is 15.8. The SMILES string of the molecule is S=c1cc(NCc2ccccn2)[nH]c(C2CCCCC2)n1. The Hall–Kier alpha value is -1.75. The predicted molar refractivity (Wildman–Crippen MR) is 86.8 cm³/mol. The summed E-state index contributed by atoms with van der Waals surface area (Å²) in [5, 5.41) is 3.36. The summed E-state index contributed by atoms with van der Waals surface area (Å²) in [4.78, 5) is 12.2. The van der Waals surface area contributed by atoms with Crippen molar-refractivity contribution in [3.8, 4) is 0 Å². The Morgan fingerprint density at radius 1 is 1.24 bits per heavy atom. The lowest BCUT2D eigenvalue weighted by molar-refractivity contribution is 0.428. The average Bonchev–Trinajstić information content (AvgIpc) is 2.54. The van der Waals surface area contributed by atoms with Crippen LogP contribution in [0.5, 0.6) is 0 Å². The molecule has 0 saturated heterocycles. The third-order valence-electron chi connectivity index (χ3n) is 3.94. The number of nitrogens with one attached hydrogen (secondary N) is 2. The summed E-state index contributed by atoms with van der Waals surface area (Å²) in [7, 11) is 0. The van der Waals surface area contributed by atoms with E-state index in [1.807, 2.05) is 24.3 Å². The quantitative estimate of drug-likeness (QED) is 0.831. The molecule has 2 aromatic rings. The van der Waals surface area contributed by atoms with Gasteiger partial charge in [-0.2, -0.15) is 0 Å². The molecule has 0 spiro atoms. The summed E-state index contributed by atoms with van der Waals surface area (Å²) in [6.07, 6.45) is 8.15. The first-order valence-corrected chi connectivity index (χ1v) is 7.97. The molecular formula is C16H20N4S. The van der Waals surface area contributed by atoms with Gasteiger partial charge >= 0.3 is 0 Å². The van der Waals surface area contributed by atoms with Crippen LogP contribution >= 0.6 is 12.2 Å². The van der Waals surface area contributed by atoms with E-state index in [0.717, 1.165) is 17.3 Å². The number of aromatic nitrogens is 3. The smallest absolute Gasteiger partial charge is 0.131 e. The molecule has 0 aliphatic heterocycles. The molecule has 5 heteroatoms. The number of pyridine rings is 1. The van der Waals surface area contributed by atoms with E-state index in [2.05, 4.69) is 20.3 Å². The van der Waals surface area contributed by atoms with Crippen molar-refractivity contribution in [3.05, 3.63) is 46.6 Å². The number of aromatic amines is 1. The Morgan fingerprint density at radius 3 is 2.86 bits per heavy atom. The standard InChI is InChI=1S/C16H20N4S/c21-15-10-14(18-11-13-8-4-5-9-17-13)19-16(20-15)12-6-2-1-3-7-12/h4-5,8-10,12H,1-3,6-7,11H2,(H2,18,19,20,21). The van der Waals surface area contributed by atoms with Gasteiger partial charge in [0, 0.05) is 18.2 Å². The van der Waals surface area contributed by atoms with Gasteiger partial charge in [-0.1, -0.05) is 37.5 Å². The van der Waals surface area contributed by atoms with Crippen LogP contribution in [0.2, 0.25) is 0 Å². The minimum Gasteiger partial charge on any atom is -0.366 e. The van der Waals surface area contributed by atoms with E-state index in [4.69, 9.17) is 12.2 Å². The molecule has 0 amide bonds. The topological polar surface area (TPSA) is 53.6 Å². The average molecular weight is 300 g/mol. The molecule has 2 N–H and O–H groups in total. The van der Waals surface area contributed by atoms with Crippen molar-refractivity contribution in [1.29, 1.82) is 0 Å². The van der Waals surface area contributed by atoms with E-state index in [0.29, 0.717) is 17.1 Å². The second-order valence-corrected chi connectivity index (χ2v) is 5.95. The second-order valence-electron chi connectivity index (χ2n) is 5.53. The highest BCUT2D eigenvalue weighted by atomic mass is 32.1. The zero-order chi connectivity index (χ0) is 14.5. The fourth-order valence-corrected chi connectivity index (χ4v) is 3.05. The fraction of sp³-hybridized carbons (Fsp3) is 0.438. The van der Waals surface area contributed by atoms with Crippen LogP contribution < -0.4 is 5.32 Å². The Balaban J connectivity index is 1.73. The molecule has 1 saturated carbocycles. The van der Waals surface area contributed by atoms with Crippen molar-refractivity contribution in [2.45, 2.75) is 44.6 Å². The van der Waals surface area contributed by atoms with Crippen LogP contribution in [-0.4, -0.2) is 15.0 Å². The Labute approximate surface area is 130 Å². The van der Waals surface area contributed by atoms with E-state index in [1.54, 1.807) is 6.20 Å². The Bertz CT molecular complexity index is 632. The molecule has 4 nitrogen and oxygen atoms in total. The van der Waals surface area contributed by atoms with Gasteiger partial charge in [0.2, 0.25) is 0 Å². The van der Waals surface area contributed by atoms with Crippen LogP contribution in [0, 0.1) is 4.64 Å². The first kappa shape index (κ1) is 14.2. The summed E-state index contributed by atoms with van der Waals surface area (Å²) >= 11 is 5.30. The van der Waals surface area contributed by atoms with Crippen LogP contribution in [-0.2, 0) is 6.54 Å². The molecular weight excluding hydrogens is 280 g/mol. The van der Waals surface area contributed by atoms with Crippen molar-refractivity contribution in [1.82, 2.24) is 15.0 Å². The molecule has 0 bridgehead atoms. The monoisotopic (exact) mass is 300 g/mol. The van der Waals surface area contributed by atoms with E-state index >= 15 is 0 Å². The summed E-state index contributed by atoms with van der Waals surface area (Å²) in [6.45, 7) is 0.681. The highest BCUT2D eigenvalue weighted by Gasteiger charge is 2.17. The van der Waals surface area contributed by atoms with E-state index in [-0.39, 0.29) is 0 Å². The fourth-order valence-electron chi connectivity index (χ4n) is 2.83.